The van der Waals surface area contributed by atoms with Gasteiger partial charge in [0.05, 0.1) is 33.5 Å². The number of hydrogen-bond acceptors (Lipinski definition) is 5. The first-order valence-electron chi connectivity index (χ1n) is 6.86. The highest BCUT2D eigenvalue weighted by Gasteiger charge is 2.32. The molecular formula is C15H23NO4. The molecule has 0 heterocycles. The standard InChI is InChI=1S/C15H23NO4/c1-18-11-8-13(20-3)12(19-2)7-10(11)14(16)15(17)9-5-4-6-9/h7-9,14-15,17H,4-6,16H2,1-3H3/t14-,15+/m0/s1. The molecule has 0 saturated heterocycles. The van der Waals surface area contributed by atoms with E-state index in [1.165, 1.54) is 0 Å². The smallest absolute Gasteiger partial charge is 0.164 e. The summed E-state index contributed by atoms with van der Waals surface area (Å²) in [5.74, 6) is 2.05. The molecule has 1 aliphatic carbocycles. The Labute approximate surface area is 119 Å². The number of methoxy groups -OCH3 is 3. The Kier molecular flexibility index (Phi) is 4.73. The number of hydrogen-bond donors (Lipinski definition) is 2. The summed E-state index contributed by atoms with van der Waals surface area (Å²) in [5, 5.41) is 10.3. The summed E-state index contributed by atoms with van der Waals surface area (Å²) in [5.41, 5.74) is 6.95. The minimum atomic E-state index is -0.559. The zero-order valence-corrected chi connectivity index (χ0v) is 12.3. The maximum Gasteiger partial charge on any atom is 0.164 e. The predicted molar refractivity (Wildman–Crippen MR) is 76.4 cm³/mol. The first-order chi connectivity index (χ1) is 9.62. The zero-order valence-electron chi connectivity index (χ0n) is 12.3. The molecule has 0 aliphatic heterocycles. The molecule has 5 heteroatoms. The molecule has 0 aromatic heterocycles. The molecule has 2 rings (SSSR count). The Hall–Kier alpha value is -1.46. The van der Waals surface area contributed by atoms with Crippen LogP contribution in [0, 0.1) is 5.92 Å². The summed E-state index contributed by atoms with van der Waals surface area (Å²) in [7, 11) is 4.72. The van der Waals surface area contributed by atoms with Crippen LogP contribution >= 0.6 is 0 Å². The van der Waals surface area contributed by atoms with Gasteiger partial charge in [0.15, 0.2) is 11.5 Å². The molecule has 1 aromatic rings. The lowest BCUT2D eigenvalue weighted by Crippen LogP contribution is -2.36. The summed E-state index contributed by atoms with van der Waals surface area (Å²) in [4.78, 5) is 0. The first kappa shape index (κ1) is 14.9. The van der Waals surface area contributed by atoms with Crippen molar-refractivity contribution < 1.29 is 19.3 Å². The minimum absolute atomic E-state index is 0.280. The molecule has 112 valence electrons. The molecule has 0 spiro atoms. The van der Waals surface area contributed by atoms with Crippen LogP contribution in [0.1, 0.15) is 30.9 Å². The number of aliphatic hydroxyl groups is 1. The molecular weight excluding hydrogens is 258 g/mol. The Morgan fingerprint density at radius 3 is 2.05 bits per heavy atom. The van der Waals surface area contributed by atoms with Crippen LogP contribution in [-0.2, 0) is 0 Å². The normalized spacial score (nSPS) is 18.1. The molecule has 5 nitrogen and oxygen atoms in total. The molecule has 1 aromatic carbocycles. The van der Waals surface area contributed by atoms with Crippen LogP contribution in [0.3, 0.4) is 0 Å². The van der Waals surface area contributed by atoms with Gasteiger partial charge in [0, 0.05) is 11.6 Å². The van der Waals surface area contributed by atoms with Crippen molar-refractivity contribution in [2.75, 3.05) is 21.3 Å². The van der Waals surface area contributed by atoms with Crippen molar-refractivity contribution in [2.24, 2.45) is 11.7 Å². The Morgan fingerprint density at radius 1 is 1.05 bits per heavy atom. The van der Waals surface area contributed by atoms with Crippen LogP contribution in [0.2, 0.25) is 0 Å². The Bertz CT molecular complexity index is 459. The monoisotopic (exact) mass is 281 g/mol. The molecule has 1 saturated carbocycles. The average molecular weight is 281 g/mol. The predicted octanol–water partition coefficient (Wildman–Crippen LogP) is 1.87. The summed E-state index contributed by atoms with van der Waals surface area (Å²) in [6, 6.07) is 3.03. The van der Waals surface area contributed by atoms with Crippen LogP contribution < -0.4 is 19.9 Å². The number of nitrogens with two attached hydrogens (primary N) is 1. The van der Waals surface area contributed by atoms with Crippen LogP contribution in [0.5, 0.6) is 17.2 Å². The second-order valence-corrected chi connectivity index (χ2v) is 5.16. The lowest BCUT2D eigenvalue weighted by atomic mass is 9.77. The van der Waals surface area contributed by atoms with Crippen molar-refractivity contribution in [3.8, 4) is 17.2 Å². The maximum absolute atomic E-state index is 10.3. The Balaban J connectivity index is 2.32. The number of benzene rings is 1. The van der Waals surface area contributed by atoms with E-state index in [9.17, 15) is 5.11 Å². The van der Waals surface area contributed by atoms with E-state index in [0.29, 0.717) is 17.2 Å². The zero-order chi connectivity index (χ0) is 14.7. The second kappa shape index (κ2) is 6.33. The highest BCUT2D eigenvalue weighted by Crippen LogP contribution is 2.41. The maximum atomic E-state index is 10.3. The van der Waals surface area contributed by atoms with E-state index in [2.05, 4.69) is 0 Å². The van der Waals surface area contributed by atoms with Gasteiger partial charge in [-0.1, -0.05) is 6.42 Å². The first-order valence-corrected chi connectivity index (χ1v) is 6.86. The van der Waals surface area contributed by atoms with E-state index in [0.717, 1.165) is 24.8 Å². The van der Waals surface area contributed by atoms with Crippen molar-refractivity contribution in [3.63, 3.8) is 0 Å². The van der Waals surface area contributed by atoms with Gasteiger partial charge >= 0.3 is 0 Å². The lowest BCUT2D eigenvalue weighted by Gasteiger charge is -2.34. The van der Waals surface area contributed by atoms with E-state index in [-0.39, 0.29) is 5.92 Å². The third-order valence-electron chi connectivity index (χ3n) is 4.10. The molecule has 0 amide bonds. The Morgan fingerprint density at radius 2 is 1.60 bits per heavy atom. The van der Waals surface area contributed by atoms with Gasteiger partial charge in [-0.25, -0.2) is 0 Å². The molecule has 0 bridgehead atoms. The van der Waals surface area contributed by atoms with Gasteiger partial charge in [0.1, 0.15) is 5.75 Å². The molecule has 20 heavy (non-hydrogen) atoms. The van der Waals surface area contributed by atoms with Crippen molar-refractivity contribution >= 4 is 0 Å². The van der Waals surface area contributed by atoms with Crippen molar-refractivity contribution in [2.45, 2.75) is 31.4 Å². The van der Waals surface area contributed by atoms with Crippen LogP contribution in [-0.4, -0.2) is 32.5 Å². The molecule has 0 radical (unpaired) electrons. The number of aliphatic hydroxyl groups excluding tert-OH is 1. The highest BCUT2D eigenvalue weighted by molar-refractivity contribution is 5.52. The van der Waals surface area contributed by atoms with E-state index in [1.54, 1.807) is 33.5 Å². The molecule has 0 unspecified atom stereocenters. The minimum Gasteiger partial charge on any atom is -0.496 e. The third kappa shape index (κ3) is 2.69. The van der Waals surface area contributed by atoms with Crippen molar-refractivity contribution in [1.82, 2.24) is 0 Å². The second-order valence-electron chi connectivity index (χ2n) is 5.16. The third-order valence-corrected chi connectivity index (χ3v) is 4.10. The summed E-state index contributed by atoms with van der Waals surface area (Å²) >= 11 is 0. The van der Waals surface area contributed by atoms with E-state index >= 15 is 0 Å². The van der Waals surface area contributed by atoms with Gasteiger partial charge in [0.2, 0.25) is 0 Å². The topological polar surface area (TPSA) is 73.9 Å². The molecule has 3 N–H and O–H groups in total. The fraction of sp³-hybridized carbons (Fsp3) is 0.600. The number of rotatable bonds is 6. The van der Waals surface area contributed by atoms with Crippen LogP contribution in [0.4, 0.5) is 0 Å². The van der Waals surface area contributed by atoms with E-state index in [1.807, 2.05) is 0 Å². The van der Waals surface area contributed by atoms with Crippen molar-refractivity contribution in [1.29, 1.82) is 0 Å². The number of ether oxygens (including phenoxy) is 3. The SMILES string of the molecule is COc1cc(OC)c([C@H](N)[C@H](O)C2CCC2)cc1OC. The van der Waals surface area contributed by atoms with Gasteiger partial charge in [0.25, 0.3) is 0 Å². The lowest BCUT2D eigenvalue weighted by molar-refractivity contribution is 0.0407. The van der Waals surface area contributed by atoms with Gasteiger partial charge in [-0.15, -0.1) is 0 Å². The van der Waals surface area contributed by atoms with Crippen molar-refractivity contribution in [3.05, 3.63) is 17.7 Å². The summed E-state index contributed by atoms with van der Waals surface area (Å²) < 4.78 is 15.9. The van der Waals surface area contributed by atoms with Gasteiger partial charge in [-0.3, -0.25) is 0 Å². The quantitative estimate of drug-likeness (QED) is 0.832. The molecule has 1 aliphatic rings. The molecule has 1 fully saturated rings. The summed E-state index contributed by atoms with van der Waals surface area (Å²) in [6.45, 7) is 0. The van der Waals surface area contributed by atoms with E-state index < -0.39 is 12.1 Å². The van der Waals surface area contributed by atoms with Gasteiger partial charge < -0.3 is 25.1 Å². The highest BCUT2D eigenvalue weighted by atomic mass is 16.5. The van der Waals surface area contributed by atoms with E-state index in [4.69, 9.17) is 19.9 Å². The average Bonchev–Trinajstić information content (AvgIpc) is 2.42. The van der Waals surface area contributed by atoms with Crippen LogP contribution in [0.15, 0.2) is 12.1 Å². The van der Waals surface area contributed by atoms with Crippen LogP contribution in [0.25, 0.3) is 0 Å². The fourth-order valence-electron chi connectivity index (χ4n) is 2.57. The summed E-state index contributed by atoms with van der Waals surface area (Å²) in [6.07, 6.45) is 2.67. The fourth-order valence-corrected chi connectivity index (χ4v) is 2.57. The largest absolute Gasteiger partial charge is 0.496 e. The van der Waals surface area contributed by atoms with Gasteiger partial charge in [-0.05, 0) is 24.8 Å². The molecule has 2 atom stereocenters. The van der Waals surface area contributed by atoms with Gasteiger partial charge in [-0.2, -0.15) is 0 Å².